The molecule has 0 saturated carbocycles. The van der Waals surface area contributed by atoms with E-state index >= 15 is 0 Å². The lowest BCUT2D eigenvalue weighted by Crippen LogP contribution is -2.38. The number of halogens is 2. The molecule has 0 radical (unpaired) electrons. The maximum atomic E-state index is 13.2. The predicted octanol–water partition coefficient (Wildman–Crippen LogP) is 6.70. The van der Waals surface area contributed by atoms with Gasteiger partial charge < -0.3 is 5.73 Å². The van der Waals surface area contributed by atoms with Gasteiger partial charge in [-0.15, -0.1) is 11.3 Å². The van der Waals surface area contributed by atoms with Crippen LogP contribution in [0.1, 0.15) is 54.7 Å². The molecule has 1 aromatic heterocycles. The van der Waals surface area contributed by atoms with Crippen LogP contribution in [-0.2, 0) is 11.2 Å². The molecule has 2 aliphatic rings. The van der Waals surface area contributed by atoms with E-state index in [1.807, 2.05) is 12.1 Å². The molecule has 1 unspecified atom stereocenters. The summed E-state index contributed by atoms with van der Waals surface area (Å²) in [4.78, 5) is 17.2. The van der Waals surface area contributed by atoms with Crippen molar-refractivity contribution >= 4 is 46.0 Å². The highest BCUT2D eigenvalue weighted by atomic mass is 35.5. The molecule has 1 aromatic carbocycles. The van der Waals surface area contributed by atoms with E-state index in [-0.39, 0.29) is 5.78 Å². The van der Waals surface area contributed by atoms with Gasteiger partial charge in [0, 0.05) is 27.4 Å². The van der Waals surface area contributed by atoms with Gasteiger partial charge >= 0.3 is 0 Å². The van der Waals surface area contributed by atoms with Gasteiger partial charge in [-0.3, -0.25) is 9.69 Å². The van der Waals surface area contributed by atoms with Crippen molar-refractivity contribution < 1.29 is 4.79 Å². The van der Waals surface area contributed by atoms with Crippen LogP contribution in [0.3, 0.4) is 0 Å². The highest BCUT2D eigenvalue weighted by Crippen LogP contribution is 2.49. The second kappa shape index (κ2) is 9.08. The van der Waals surface area contributed by atoms with Crippen LogP contribution in [0.5, 0.6) is 0 Å². The Bertz CT molecular complexity index is 1140. The molecule has 7 heteroatoms. The lowest BCUT2D eigenvalue weighted by molar-refractivity contribution is -0.116. The van der Waals surface area contributed by atoms with Crippen molar-refractivity contribution in [2.24, 2.45) is 5.73 Å². The highest BCUT2D eigenvalue weighted by molar-refractivity contribution is 7.12. The number of carbonyl (C=O) groups is 1. The van der Waals surface area contributed by atoms with E-state index in [1.54, 1.807) is 28.4 Å². The van der Waals surface area contributed by atoms with Crippen LogP contribution >= 0.6 is 34.5 Å². The van der Waals surface area contributed by atoms with Crippen molar-refractivity contribution in [2.45, 2.75) is 51.4 Å². The second-order valence-corrected chi connectivity index (χ2v) is 9.78. The van der Waals surface area contributed by atoms with Crippen LogP contribution in [0.2, 0.25) is 10.0 Å². The normalized spacial score (nSPS) is 19.0. The number of nitriles is 1. The molecule has 0 saturated heterocycles. The zero-order chi connectivity index (χ0) is 22.1. The van der Waals surface area contributed by atoms with Gasteiger partial charge in [-0.05, 0) is 49.9 Å². The summed E-state index contributed by atoms with van der Waals surface area (Å²) < 4.78 is 0. The molecule has 4 nitrogen and oxygen atoms in total. The van der Waals surface area contributed by atoms with Gasteiger partial charge in [0.05, 0.1) is 33.3 Å². The summed E-state index contributed by atoms with van der Waals surface area (Å²) in [7, 11) is 0. The molecule has 0 spiro atoms. The maximum absolute atomic E-state index is 13.2. The largest absolute Gasteiger partial charge is 0.384 e. The number of allylic oxidation sites excluding steroid dienone is 3. The summed E-state index contributed by atoms with van der Waals surface area (Å²) in [6.45, 7) is 2.17. The first-order valence-corrected chi connectivity index (χ1v) is 12.0. The number of nitrogens with zero attached hydrogens (tertiary/aromatic N) is 2. The third-order valence-electron chi connectivity index (χ3n) is 5.83. The summed E-state index contributed by atoms with van der Waals surface area (Å²) in [6, 6.07) is 11.8. The molecule has 2 heterocycles. The van der Waals surface area contributed by atoms with Crippen molar-refractivity contribution in [2.75, 3.05) is 4.90 Å². The van der Waals surface area contributed by atoms with Gasteiger partial charge in [0.2, 0.25) is 0 Å². The fourth-order valence-corrected chi connectivity index (χ4v) is 5.90. The van der Waals surface area contributed by atoms with Crippen LogP contribution in [0, 0.1) is 11.3 Å². The van der Waals surface area contributed by atoms with Gasteiger partial charge in [-0.25, -0.2) is 0 Å². The lowest BCUT2D eigenvalue weighted by atomic mass is 9.78. The summed E-state index contributed by atoms with van der Waals surface area (Å²) in [5, 5.41) is 10.9. The molecule has 31 heavy (non-hydrogen) atoms. The van der Waals surface area contributed by atoms with Gasteiger partial charge in [0.1, 0.15) is 5.82 Å². The zero-order valence-corrected chi connectivity index (χ0v) is 19.6. The first-order valence-electron chi connectivity index (χ1n) is 10.5. The molecule has 160 valence electrons. The van der Waals surface area contributed by atoms with E-state index in [0.29, 0.717) is 45.5 Å². The number of ketones is 1. The Hall–Kier alpha value is -2.26. The number of thiophene rings is 1. The van der Waals surface area contributed by atoms with Crippen molar-refractivity contribution in [1.29, 1.82) is 5.26 Å². The Morgan fingerprint density at radius 2 is 2.06 bits per heavy atom. The predicted molar refractivity (Wildman–Crippen MR) is 127 cm³/mol. The molecule has 2 aromatic rings. The van der Waals surface area contributed by atoms with Crippen LogP contribution in [0.4, 0.5) is 5.69 Å². The number of rotatable bonds is 5. The molecular weight excluding hydrogens is 449 g/mol. The minimum atomic E-state index is -0.428. The van der Waals surface area contributed by atoms with Crippen molar-refractivity contribution in [3.05, 3.63) is 72.8 Å². The monoisotopic (exact) mass is 471 g/mol. The number of carbonyl (C=O) groups excluding carboxylic acids is 1. The topological polar surface area (TPSA) is 70.1 Å². The number of nitrogens with two attached hydrogens (primary N) is 1. The van der Waals surface area contributed by atoms with Crippen LogP contribution < -0.4 is 10.6 Å². The van der Waals surface area contributed by atoms with Crippen LogP contribution in [-0.4, -0.2) is 5.78 Å². The van der Waals surface area contributed by atoms with E-state index in [9.17, 15) is 10.1 Å². The van der Waals surface area contributed by atoms with E-state index in [2.05, 4.69) is 19.1 Å². The third-order valence-corrected chi connectivity index (χ3v) is 7.85. The zero-order valence-electron chi connectivity index (χ0n) is 17.3. The van der Waals surface area contributed by atoms with Gasteiger partial charge in [-0.1, -0.05) is 42.6 Å². The van der Waals surface area contributed by atoms with Crippen molar-refractivity contribution in [3.63, 3.8) is 0 Å². The molecule has 0 bridgehead atoms. The summed E-state index contributed by atoms with van der Waals surface area (Å²) in [5.41, 5.74) is 9.06. The number of aryl methyl sites for hydroxylation is 1. The fraction of sp³-hybridized carbons (Fsp3) is 0.333. The van der Waals surface area contributed by atoms with Gasteiger partial charge in [0.15, 0.2) is 5.78 Å². The van der Waals surface area contributed by atoms with E-state index < -0.39 is 5.92 Å². The number of unbranched alkanes of at least 4 members (excludes halogenated alkanes) is 1. The average Bonchev–Trinajstić information content (AvgIpc) is 3.23. The summed E-state index contributed by atoms with van der Waals surface area (Å²) in [6.07, 6.45) is 5.13. The Morgan fingerprint density at radius 3 is 2.81 bits per heavy atom. The number of anilines is 1. The average molecular weight is 472 g/mol. The van der Waals surface area contributed by atoms with Crippen LogP contribution in [0.25, 0.3) is 0 Å². The standard InChI is InChI=1S/C24H23Cl2N3OS/c1-2-3-6-14-11-12-20(31-14)21-15(13-27)24(28)29(17-8-5-10-19(30)22(17)21)18-9-4-7-16(25)23(18)26/h4,7,9,11-12,21H,2-3,5-6,8,10,28H2,1H3. The molecule has 1 aliphatic carbocycles. The number of benzene rings is 1. The summed E-state index contributed by atoms with van der Waals surface area (Å²) >= 11 is 14.4. The number of hydrogen-bond donors (Lipinski definition) is 1. The molecule has 4 rings (SSSR count). The van der Waals surface area contributed by atoms with E-state index in [1.165, 1.54) is 4.88 Å². The fourth-order valence-electron chi connectivity index (χ4n) is 4.35. The molecular formula is C24H23Cl2N3OS. The minimum absolute atomic E-state index is 0.0677. The summed E-state index contributed by atoms with van der Waals surface area (Å²) in [5.74, 6) is -0.0471. The Balaban J connectivity index is 1.90. The lowest BCUT2D eigenvalue weighted by Gasteiger charge is -2.39. The minimum Gasteiger partial charge on any atom is -0.384 e. The first-order chi connectivity index (χ1) is 15.0. The smallest absolute Gasteiger partial charge is 0.161 e. The Kier molecular flexibility index (Phi) is 6.43. The second-order valence-electron chi connectivity index (χ2n) is 7.80. The highest BCUT2D eigenvalue weighted by Gasteiger charge is 2.41. The first kappa shape index (κ1) is 22.0. The number of hydrogen-bond acceptors (Lipinski definition) is 5. The van der Waals surface area contributed by atoms with Crippen molar-refractivity contribution in [3.8, 4) is 6.07 Å². The van der Waals surface area contributed by atoms with Crippen LogP contribution in [0.15, 0.2) is 53.0 Å². The Labute approximate surface area is 196 Å². The van der Waals surface area contributed by atoms with E-state index in [4.69, 9.17) is 28.9 Å². The Morgan fingerprint density at radius 1 is 1.26 bits per heavy atom. The van der Waals surface area contributed by atoms with Gasteiger partial charge in [-0.2, -0.15) is 5.26 Å². The van der Waals surface area contributed by atoms with E-state index in [0.717, 1.165) is 36.3 Å². The third kappa shape index (κ3) is 3.89. The van der Waals surface area contributed by atoms with Gasteiger partial charge in [0.25, 0.3) is 0 Å². The molecule has 1 atom stereocenters. The number of Topliss-reactive ketones (excluding diaryl/α,β-unsaturated/α-hetero) is 1. The maximum Gasteiger partial charge on any atom is 0.161 e. The SMILES string of the molecule is CCCCc1ccc(C2C(C#N)=C(N)N(c3cccc(Cl)c3Cl)C3=C2C(=O)CCC3)s1. The van der Waals surface area contributed by atoms with Crippen molar-refractivity contribution in [1.82, 2.24) is 0 Å². The molecule has 0 amide bonds. The molecule has 1 aliphatic heterocycles. The molecule has 0 fully saturated rings. The molecule has 2 N–H and O–H groups in total. The quantitative estimate of drug-likeness (QED) is 0.526.